The molecule has 3 rings (SSSR count). The van der Waals surface area contributed by atoms with Gasteiger partial charge in [-0.05, 0) is 36.8 Å². The summed E-state index contributed by atoms with van der Waals surface area (Å²) in [6, 6.07) is 9.47. The standard InChI is InChI=1S/C21H18F3N3O3S/c1-12-11-31-20(26-12)27-18(28)16-9-14(7-8-15(16)19(29)30-2)25-10-13-5-3-4-6-17(13)21(22,23)24/h3-9,11,25H,10H2,1-2H3,(H,26,27,28). The van der Waals surface area contributed by atoms with Crippen LogP contribution in [-0.4, -0.2) is 24.0 Å². The molecule has 162 valence electrons. The Kier molecular flexibility index (Phi) is 6.59. The molecule has 0 bridgehead atoms. The molecule has 0 saturated heterocycles. The molecule has 3 aromatic rings. The molecule has 1 aromatic heterocycles. The van der Waals surface area contributed by atoms with Crippen LogP contribution < -0.4 is 10.6 Å². The second kappa shape index (κ2) is 9.17. The number of aromatic nitrogens is 1. The smallest absolute Gasteiger partial charge is 0.416 e. The van der Waals surface area contributed by atoms with Gasteiger partial charge in [0.25, 0.3) is 5.91 Å². The summed E-state index contributed by atoms with van der Waals surface area (Å²) in [6.07, 6.45) is -4.48. The fourth-order valence-corrected chi connectivity index (χ4v) is 3.54. The van der Waals surface area contributed by atoms with Gasteiger partial charge in [-0.1, -0.05) is 18.2 Å². The van der Waals surface area contributed by atoms with Crippen molar-refractivity contribution in [3.05, 3.63) is 75.8 Å². The third-order valence-electron chi connectivity index (χ3n) is 4.31. The molecule has 6 nitrogen and oxygen atoms in total. The summed E-state index contributed by atoms with van der Waals surface area (Å²) >= 11 is 1.23. The van der Waals surface area contributed by atoms with E-state index in [1.54, 1.807) is 12.3 Å². The highest BCUT2D eigenvalue weighted by molar-refractivity contribution is 7.13. The maximum Gasteiger partial charge on any atom is 0.416 e. The number of halogens is 3. The quantitative estimate of drug-likeness (QED) is 0.511. The summed E-state index contributed by atoms with van der Waals surface area (Å²) in [5, 5.41) is 7.60. The van der Waals surface area contributed by atoms with Gasteiger partial charge in [0.05, 0.1) is 29.5 Å². The van der Waals surface area contributed by atoms with Crippen molar-refractivity contribution in [2.45, 2.75) is 19.6 Å². The van der Waals surface area contributed by atoms with Gasteiger partial charge < -0.3 is 10.1 Å². The predicted molar refractivity (Wildman–Crippen MR) is 111 cm³/mol. The minimum atomic E-state index is -4.48. The summed E-state index contributed by atoms with van der Waals surface area (Å²) in [4.78, 5) is 29.0. The van der Waals surface area contributed by atoms with Crippen molar-refractivity contribution in [3.8, 4) is 0 Å². The second-order valence-electron chi connectivity index (χ2n) is 6.51. The maximum absolute atomic E-state index is 13.2. The zero-order valence-electron chi connectivity index (χ0n) is 16.5. The van der Waals surface area contributed by atoms with E-state index in [0.29, 0.717) is 10.8 Å². The van der Waals surface area contributed by atoms with Gasteiger partial charge in [-0.15, -0.1) is 11.3 Å². The Balaban J connectivity index is 1.86. The summed E-state index contributed by atoms with van der Waals surface area (Å²) in [5.74, 6) is -1.30. The molecule has 0 aliphatic rings. The number of benzene rings is 2. The first-order valence-electron chi connectivity index (χ1n) is 9.04. The monoisotopic (exact) mass is 449 g/mol. The average molecular weight is 449 g/mol. The highest BCUT2D eigenvalue weighted by Gasteiger charge is 2.32. The number of hydrogen-bond donors (Lipinski definition) is 2. The summed E-state index contributed by atoms with van der Waals surface area (Å²) < 4.78 is 44.3. The molecule has 31 heavy (non-hydrogen) atoms. The van der Waals surface area contributed by atoms with Gasteiger partial charge in [-0.3, -0.25) is 10.1 Å². The number of nitrogens with one attached hydrogen (secondary N) is 2. The van der Waals surface area contributed by atoms with Gasteiger partial charge in [0.2, 0.25) is 0 Å². The van der Waals surface area contributed by atoms with Gasteiger partial charge in [0.1, 0.15) is 0 Å². The lowest BCUT2D eigenvalue weighted by atomic mass is 10.0. The van der Waals surface area contributed by atoms with Crippen molar-refractivity contribution in [3.63, 3.8) is 0 Å². The fraction of sp³-hybridized carbons (Fsp3) is 0.190. The molecule has 0 aliphatic heterocycles. The third-order valence-corrected chi connectivity index (χ3v) is 5.19. The van der Waals surface area contributed by atoms with Crippen LogP contribution in [0.1, 0.15) is 37.5 Å². The lowest BCUT2D eigenvalue weighted by Crippen LogP contribution is -2.18. The van der Waals surface area contributed by atoms with E-state index in [-0.39, 0.29) is 23.2 Å². The van der Waals surface area contributed by atoms with Gasteiger partial charge in [0, 0.05) is 17.6 Å². The normalized spacial score (nSPS) is 11.1. The van der Waals surface area contributed by atoms with Gasteiger partial charge in [0.15, 0.2) is 5.13 Å². The molecule has 10 heteroatoms. The third kappa shape index (κ3) is 5.40. The minimum absolute atomic E-state index is 0.00816. The van der Waals surface area contributed by atoms with Crippen LogP contribution in [-0.2, 0) is 17.5 Å². The fourth-order valence-electron chi connectivity index (χ4n) is 2.85. The maximum atomic E-state index is 13.2. The van der Waals surface area contributed by atoms with Crippen LogP contribution in [0.4, 0.5) is 24.0 Å². The van der Waals surface area contributed by atoms with E-state index in [1.807, 2.05) is 0 Å². The van der Waals surface area contributed by atoms with Crippen molar-refractivity contribution in [1.29, 1.82) is 0 Å². The molecule has 2 N–H and O–H groups in total. The molecule has 0 spiro atoms. The number of anilines is 2. The number of nitrogens with zero attached hydrogens (tertiary/aromatic N) is 1. The van der Waals surface area contributed by atoms with E-state index in [0.717, 1.165) is 11.8 Å². The van der Waals surface area contributed by atoms with E-state index >= 15 is 0 Å². The van der Waals surface area contributed by atoms with Crippen LogP contribution in [0.15, 0.2) is 47.8 Å². The molecule has 0 saturated carbocycles. The van der Waals surface area contributed by atoms with Crippen LogP contribution in [0.2, 0.25) is 0 Å². The molecule has 1 heterocycles. The van der Waals surface area contributed by atoms with E-state index in [1.165, 1.54) is 54.8 Å². The number of methoxy groups -OCH3 is 1. The zero-order valence-corrected chi connectivity index (χ0v) is 17.4. The SMILES string of the molecule is COC(=O)c1ccc(NCc2ccccc2C(F)(F)F)cc1C(=O)Nc1nc(C)cs1. The lowest BCUT2D eigenvalue weighted by Gasteiger charge is -2.15. The predicted octanol–water partition coefficient (Wildman–Crippen LogP) is 5.12. The molecule has 0 aliphatic carbocycles. The second-order valence-corrected chi connectivity index (χ2v) is 7.37. The molecule has 0 unspecified atom stereocenters. The van der Waals surface area contributed by atoms with Crippen LogP contribution in [0, 0.1) is 6.92 Å². The largest absolute Gasteiger partial charge is 0.465 e. The van der Waals surface area contributed by atoms with Crippen molar-refractivity contribution < 1.29 is 27.5 Å². The van der Waals surface area contributed by atoms with Crippen molar-refractivity contribution >= 4 is 34.0 Å². The Bertz CT molecular complexity index is 1110. The molecular formula is C21H18F3N3O3S. The van der Waals surface area contributed by atoms with Crippen LogP contribution in [0.3, 0.4) is 0 Å². The number of rotatable bonds is 6. The van der Waals surface area contributed by atoms with Crippen LogP contribution in [0.5, 0.6) is 0 Å². The molecule has 2 aromatic carbocycles. The Labute approximate surface area is 180 Å². The first-order chi connectivity index (χ1) is 14.7. The van der Waals surface area contributed by atoms with E-state index in [9.17, 15) is 22.8 Å². The summed E-state index contributed by atoms with van der Waals surface area (Å²) in [5.41, 5.74) is 0.433. The summed E-state index contributed by atoms with van der Waals surface area (Å²) in [7, 11) is 1.19. The number of hydrogen-bond acceptors (Lipinski definition) is 6. The summed E-state index contributed by atoms with van der Waals surface area (Å²) in [6.45, 7) is 1.65. The van der Waals surface area contributed by atoms with Gasteiger partial charge >= 0.3 is 12.1 Å². The van der Waals surface area contributed by atoms with E-state index in [4.69, 9.17) is 4.74 Å². The number of thiazole rings is 1. The molecule has 0 fully saturated rings. The molecule has 0 atom stereocenters. The first-order valence-corrected chi connectivity index (χ1v) is 9.92. The Morgan fingerprint density at radius 1 is 1.13 bits per heavy atom. The molecular weight excluding hydrogens is 431 g/mol. The van der Waals surface area contributed by atoms with Crippen molar-refractivity contribution in [2.24, 2.45) is 0 Å². The van der Waals surface area contributed by atoms with Gasteiger partial charge in [-0.25, -0.2) is 9.78 Å². The highest BCUT2D eigenvalue weighted by atomic mass is 32.1. The number of carbonyl (C=O) groups excluding carboxylic acids is 2. The van der Waals surface area contributed by atoms with E-state index in [2.05, 4.69) is 15.6 Å². The molecule has 0 radical (unpaired) electrons. The average Bonchev–Trinajstić information content (AvgIpc) is 3.15. The number of alkyl halides is 3. The Morgan fingerprint density at radius 3 is 2.52 bits per heavy atom. The molecule has 1 amide bonds. The van der Waals surface area contributed by atoms with Gasteiger partial charge in [-0.2, -0.15) is 13.2 Å². The Morgan fingerprint density at radius 2 is 1.87 bits per heavy atom. The minimum Gasteiger partial charge on any atom is -0.465 e. The first kappa shape index (κ1) is 22.3. The zero-order chi connectivity index (χ0) is 22.6. The number of amides is 1. The Hall–Kier alpha value is -3.40. The van der Waals surface area contributed by atoms with Crippen molar-refractivity contribution in [1.82, 2.24) is 4.98 Å². The van der Waals surface area contributed by atoms with Crippen molar-refractivity contribution in [2.75, 3.05) is 17.7 Å². The van der Waals surface area contributed by atoms with Crippen LogP contribution in [0.25, 0.3) is 0 Å². The number of aryl methyl sites for hydroxylation is 1. The number of carbonyl (C=O) groups is 2. The van der Waals surface area contributed by atoms with Crippen LogP contribution >= 0.6 is 11.3 Å². The lowest BCUT2D eigenvalue weighted by molar-refractivity contribution is -0.138. The number of ether oxygens (including phenoxy) is 1. The number of esters is 1. The van der Waals surface area contributed by atoms with E-state index < -0.39 is 23.6 Å². The highest BCUT2D eigenvalue weighted by Crippen LogP contribution is 2.32. The topological polar surface area (TPSA) is 80.3 Å².